The number of allylic oxidation sites excluding steroid dienone is 3. The second-order valence-electron chi connectivity index (χ2n) is 5.63. The van der Waals surface area contributed by atoms with Gasteiger partial charge in [0.25, 0.3) is 0 Å². The molecule has 0 saturated carbocycles. The normalized spacial score (nSPS) is 22.2. The number of ether oxygens (including phenoxy) is 1. The van der Waals surface area contributed by atoms with E-state index >= 15 is 0 Å². The van der Waals surface area contributed by atoms with Crippen LogP contribution in [-0.2, 0) is 16.0 Å². The maximum atomic E-state index is 12.4. The average Bonchev–Trinajstić information content (AvgIpc) is 2.50. The number of hydrogen-bond donors (Lipinski definition) is 2. The number of carbonyl (C=O) groups excluding carboxylic acids is 2. The van der Waals surface area contributed by atoms with Crippen LogP contribution in [0.5, 0.6) is 11.5 Å². The highest BCUT2D eigenvalue weighted by Crippen LogP contribution is 2.37. The van der Waals surface area contributed by atoms with Crippen molar-refractivity contribution in [1.29, 1.82) is 0 Å². The molecule has 1 aliphatic rings. The van der Waals surface area contributed by atoms with Crippen LogP contribution in [0.3, 0.4) is 0 Å². The van der Waals surface area contributed by atoms with Crippen molar-refractivity contribution >= 4 is 23.4 Å². The first-order valence-corrected chi connectivity index (χ1v) is 8.06. The van der Waals surface area contributed by atoms with Crippen LogP contribution < -0.4 is 0 Å². The number of ketones is 1. The first kappa shape index (κ1) is 18.1. The van der Waals surface area contributed by atoms with Crippen LogP contribution in [0.1, 0.15) is 42.1 Å². The molecule has 0 aromatic heterocycles. The van der Waals surface area contributed by atoms with Gasteiger partial charge in [0.1, 0.15) is 23.2 Å². The fourth-order valence-corrected chi connectivity index (χ4v) is 2.63. The third-order valence-electron chi connectivity index (χ3n) is 3.62. The van der Waals surface area contributed by atoms with Gasteiger partial charge in [0, 0.05) is 24.5 Å². The van der Waals surface area contributed by atoms with E-state index in [1.807, 2.05) is 12.2 Å². The van der Waals surface area contributed by atoms with Gasteiger partial charge in [0.15, 0.2) is 5.78 Å². The summed E-state index contributed by atoms with van der Waals surface area (Å²) in [4.78, 5) is 24.5. The molecule has 0 spiro atoms. The summed E-state index contributed by atoms with van der Waals surface area (Å²) in [7, 11) is 0. The van der Waals surface area contributed by atoms with E-state index < -0.39 is 23.6 Å². The van der Waals surface area contributed by atoms with E-state index in [2.05, 4.69) is 0 Å². The molecule has 1 aromatic carbocycles. The molecule has 24 heavy (non-hydrogen) atoms. The number of esters is 1. The second-order valence-corrected chi connectivity index (χ2v) is 6.01. The molecule has 0 amide bonds. The summed E-state index contributed by atoms with van der Waals surface area (Å²) >= 11 is 6.05. The second kappa shape index (κ2) is 8.02. The van der Waals surface area contributed by atoms with Gasteiger partial charge in [-0.2, -0.15) is 0 Å². The van der Waals surface area contributed by atoms with Crippen LogP contribution in [0, 0.1) is 0 Å². The zero-order chi connectivity index (χ0) is 17.7. The molecule has 6 heteroatoms. The number of rotatable bonds is 0. The molecule has 0 fully saturated rings. The number of fused-ring (bicyclic) bond motifs is 1. The van der Waals surface area contributed by atoms with E-state index in [4.69, 9.17) is 16.3 Å². The molecule has 1 heterocycles. The van der Waals surface area contributed by atoms with Crippen LogP contribution >= 0.6 is 11.6 Å². The Balaban J connectivity index is 2.49. The largest absolute Gasteiger partial charge is 0.507 e. The van der Waals surface area contributed by atoms with Gasteiger partial charge in [-0.1, -0.05) is 29.8 Å². The summed E-state index contributed by atoms with van der Waals surface area (Å²) in [5, 5.41) is 19.7. The number of aromatic hydroxyl groups is 2. The highest BCUT2D eigenvalue weighted by atomic mass is 35.5. The summed E-state index contributed by atoms with van der Waals surface area (Å²) in [5.41, 5.74) is -0.124. The molecule has 5 nitrogen and oxygen atoms in total. The van der Waals surface area contributed by atoms with E-state index in [1.54, 1.807) is 13.0 Å². The van der Waals surface area contributed by atoms with Gasteiger partial charge in [-0.15, -0.1) is 0 Å². The van der Waals surface area contributed by atoms with Crippen molar-refractivity contribution in [2.24, 2.45) is 0 Å². The third-order valence-corrected chi connectivity index (χ3v) is 4.04. The lowest BCUT2D eigenvalue weighted by Crippen LogP contribution is -2.17. The lowest BCUT2D eigenvalue weighted by Gasteiger charge is -2.16. The first-order chi connectivity index (χ1) is 11.4. The van der Waals surface area contributed by atoms with Crippen molar-refractivity contribution in [3.8, 4) is 11.5 Å². The Labute approximate surface area is 145 Å². The van der Waals surface area contributed by atoms with Crippen molar-refractivity contribution in [3.05, 3.63) is 46.5 Å². The number of benzene rings is 1. The monoisotopic (exact) mass is 350 g/mol. The standard InChI is InChI=1S/C18H19ClO5/c1-11-7-5-3-2-4-6-8-12(20)9-13-16(18(23)24-11)14(21)10-15(22)17(13)19/h3,5-6,8,10-11,21-22H,2,4,7,9H2,1H3/b5-3+,8-6-/t11-/m0/s1. The van der Waals surface area contributed by atoms with E-state index in [-0.39, 0.29) is 28.4 Å². The Morgan fingerprint density at radius 2 is 1.83 bits per heavy atom. The lowest BCUT2D eigenvalue weighted by atomic mass is 9.99. The third kappa shape index (κ3) is 4.38. The molecular formula is C18H19ClO5. The van der Waals surface area contributed by atoms with Gasteiger partial charge >= 0.3 is 5.97 Å². The van der Waals surface area contributed by atoms with Gasteiger partial charge in [-0.05, 0) is 25.8 Å². The van der Waals surface area contributed by atoms with Gasteiger partial charge in [-0.25, -0.2) is 4.79 Å². The lowest BCUT2D eigenvalue weighted by molar-refractivity contribution is -0.114. The Kier molecular flexibility index (Phi) is 6.04. The van der Waals surface area contributed by atoms with Crippen molar-refractivity contribution in [2.45, 2.75) is 38.7 Å². The Bertz CT molecular complexity index is 706. The Morgan fingerprint density at radius 1 is 1.12 bits per heavy atom. The highest BCUT2D eigenvalue weighted by molar-refractivity contribution is 6.33. The Hall–Kier alpha value is -2.27. The van der Waals surface area contributed by atoms with Gasteiger partial charge in [-0.3, -0.25) is 4.79 Å². The predicted octanol–water partition coefficient (Wildman–Crippen LogP) is 3.70. The molecule has 2 rings (SSSR count). The number of hydrogen-bond acceptors (Lipinski definition) is 5. The molecule has 2 N–H and O–H groups in total. The summed E-state index contributed by atoms with van der Waals surface area (Å²) in [6.07, 6.45) is 8.44. The van der Waals surface area contributed by atoms with E-state index in [0.29, 0.717) is 12.8 Å². The number of halogens is 1. The maximum absolute atomic E-state index is 12.4. The molecule has 0 radical (unpaired) electrons. The van der Waals surface area contributed by atoms with E-state index in [1.165, 1.54) is 6.08 Å². The summed E-state index contributed by atoms with van der Waals surface area (Å²) in [5.74, 6) is -1.93. The molecular weight excluding hydrogens is 332 g/mol. The number of phenols is 2. The van der Waals surface area contributed by atoms with Crippen LogP contribution in [0.25, 0.3) is 0 Å². The van der Waals surface area contributed by atoms with Crippen molar-refractivity contribution in [2.75, 3.05) is 0 Å². The van der Waals surface area contributed by atoms with Gasteiger partial charge in [0.2, 0.25) is 0 Å². The zero-order valence-corrected chi connectivity index (χ0v) is 14.0. The molecule has 0 saturated heterocycles. The minimum Gasteiger partial charge on any atom is -0.507 e. The smallest absolute Gasteiger partial charge is 0.342 e. The van der Waals surface area contributed by atoms with Crippen molar-refractivity contribution in [1.82, 2.24) is 0 Å². The topological polar surface area (TPSA) is 83.8 Å². The number of cyclic esters (lactones) is 1. The summed E-state index contributed by atoms with van der Waals surface area (Å²) < 4.78 is 5.31. The van der Waals surface area contributed by atoms with Gasteiger partial charge in [0.05, 0.1) is 5.02 Å². The zero-order valence-electron chi connectivity index (χ0n) is 13.3. The minimum atomic E-state index is -0.779. The van der Waals surface area contributed by atoms with Gasteiger partial charge < -0.3 is 14.9 Å². The average molecular weight is 351 g/mol. The molecule has 0 bridgehead atoms. The minimum absolute atomic E-state index is 0.0635. The van der Waals surface area contributed by atoms with Crippen molar-refractivity contribution < 1.29 is 24.5 Å². The first-order valence-electron chi connectivity index (χ1n) is 7.68. The van der Waals surface area contributed by atoms with Crippen LogP contribution in [0.15, 0.2) is 30.4 Å². The van der Waals surface area contributed by atoms with Crippen molar-refractivity contribution in [3.63, 3.8) is 0 Å². The van der Waals surface area contributed by atoms with E-state index in [9.17, 15) is 19.8 Å². The van der Waals surface area contributed by atoms with Crippen LogP contribution in [0.2, 0.25) is 5.02 Å². The molecule has 128 valence electrons. The number of carbonyl (C=O) groups is 2. The molecule has 0 unspecified atom stereocenters. The summed E-state index contributed by atoms with van der Waals surface area (Å²) in [6.45, 7) is 1.73. The molecule has 1 atom stereocenters. The fourth-order valence-electron chi connectivity index (χ4n) is 2.41. The van der Waals surface area contributed by atoms with Crippen LogP contribution in [0.4, 0.5) is 0 Å². The highest BCUT2D eigenvalue weighted by Gasteiger charge is 2.25. The quantitative estimate of drug-likeness (QED) is 0.550. The summed E-state index contributed by atoms with van der Waals surface area (Å²) in [6, 6.07) is 0.969. The van der Waals surface area contributed by atoms with E-state index in [0.717, 1.165) is 12.5 Å². The molecule has 0 aliphatic carbocycles. The SMILES string of the molecule is C[C@H]1C/C=C/CC/C=C\C(=O)Cc2c(Cl)c(O)cc(O)c2C(=O)O1. The number of phenolic OH excluding ortho intramolecular Hbond substituents is 2. The predicted molar refractivity (Wildman–Crippen MR) is 90.5 cm³/mol. The van der Waals surface area contributed by atoms with Crippen LogP contribution in [-0.4, -0.2) is 28.1 Å². The molecule has 1 aliphatic heterocycles. The Morgan fingerprint density at radius 3 is 2.58 bits per heavy atom. The maximum Gasteiger partial charge on any atom is 0.342 e. The fraction of sp³-hybridized carbons (Fsp3) is 0.333. The molecule has 1 aromatic rings.